The normalized spacial score (nSPS) is 14.8. The van der Waals surface area contributed by atoms with Crippen molar-refractivity contribution in [2.75, 3.05) is 5.73 Å². The van der Waals surface area contributed by atoms with Gasteiger partial charge in [0.05, 0.1) is 11.0 Å². The SMILES string of the molecule is Cc1ccc2c(c1)nc(-c1cccc(N)n1)n2C1CC1. The quantitative estimate of drug-likeness (QED) is 0.772. The molecule has 20 heavy (non-hydrogen) atoms. The molecule has 0 saturated heterocycles. The summed E-state index contributed by atoms with van der Waals surface area (Å²) in [6.45, 7) is 2.09. The van der Waals surface area contributed by atoms with E-state index in [0.29, 0.717) is 11.9 Å². The Kier molecular flexibility index (Phi) is 2.33. The summed E-state index contributed by atoms with van der Waals surface area (Å²) < 4.78 is 2.32. The third-order valence-corrected chi connectivity index (χ3v) is 3.76. The smallest absolute Gasteiger partial charge is 0.160 e. The summed E-state index contributed by atoms with van der Waals surface area (Å²) in [6, 6.07) is 12.7. The summed E-state index contributed by atoms with van der Waals surface area (Å²) >= 11 is 0. The van der Waals surface area contributed by atoms with Crippen LogP contribution < -0.4 is 5.73 Å². The Morgan fingerprint density at radius 3 is 2.75 bits per heavy atom. The number of rotatable bonds is 2. The van der Waals surface area contributed by atoms with Crippen molar-refractivity contribution < 1.29 is 0 Å². The molecule has 2 heterocycles. The number of anilines is 1. The van der Waals surface area contributed by atoms with E-state index in [1.54, 1.807) is 6.07 Å². The molecular formula is C16H16N4. The molecule has 1 saturated carbocycles. The molecule has 0 spiro atoms. The van der Waals surface area contributed by atoms with Crippen molar-refractivity contribution in [1.29, 1.82) is 0 Å². The van der Waals surface area contributed by atoms with Gasteiger partial charge in [-0.25, -0.2) is 9.97 Å². The van der Waals surface area contributed by atoms with Crippen molar-refractivity contribution in [3.8, 4) is 11.5 Å². The third kappa shape index (κ3) is 1.76. The number of aromatic nitrogens is 3. The first kappa shape index (κ1) is 11.5. The molecule has 0 unspecified atom stereocenters. The minimum Gasteiger partial charge on any atom is -0.384 e. The van der Waals surface area contributed by atoms with Crippen molar-refractivity contribution >= 4 is 16.9 Å². The minimum atomic E-state index is 0.535. The topological polar surface area (TPSA) is 56.7 Å². The monoisotopic (exact) mass is 264 g/mol. The fourth-order valence-electron chi connectivity index (χ4n) is 2.67. The predicted molar refractivity (Wildman–Crippen MR) is 80.4 cm³/mol. The molecule has 2 N–H and O–H groups in total. The van der Waals surface area contributed by atoms with Crippen LogP contribution in [0.2, 0.25) is 0 Å². The second kappa shape index (κ2) is 4.07. The highest BCUT2D eigenvalue weighted by Gasteiger charge is 2.29. The predicted octanol–water partition coefficient (Wildman–Crippen LogP) is 3.32. The number of nitrogens with zero attached hydrogens (tertiary/aromatic N) is 3. The Balaban J connectivity index is 2.00. The van der Waals surface area contributed by atoms with E-state index in [-0.39, 0.29) is 0 Å². The van der Waals surface area contributed by atoms with Gasteiger partial charge in [-0.1, -0.05) is 12.1 Å². The fraction of sp³-hybridized carbons (Fsp3) is 0.250. The molecule has 4 rings (SSSR count). The molecule has 0 amide bonds. The Morgan fingerprint density at radius 1 is 1.15 bits per heavy atom. The lowest BCUT2D eigenvalue weighted by atomic mass is 10.2. The van der Waals surface area contributed by atoms with Gasteiger partial charge in [-0.3, -0.25) is 0 Å². The van der Waals surface area contributed by atoms with Gasteiger partial charge >= 0.3 is 0 Å². The van der Waals surface area contributed by atoms with Crippen LogP contribution in [0.4, 0.5) is 5.82 Å². The maximum Gasteiger partial charge on any atom is 0.160 e. The van der Waals surface area contributed by atoms with Crippen LogP contribution in [0, 0.1) is 6.92 Å². The van der Waals surface area contributed by atoms with Crippen LogP contribution in [-0.4, -0.2) is 14.5 Å². The van der Waals surface area contributed by atoms with E-state index in [0.717, 1.165) is 17.0 Å². The van der Waals surface area contributed by atoms with E-state index in [9.17, 15) is 0 Å². The van der Waals surface area contributed by atoms with Gasteiger partial charge < -0.3 is 10.3 Å². The zero-order valence-electron chi connectivity index (χ0n) is 11.4. The van der Waals surface area contributed by atoms with Gasteiger partial charge in [-0.15, -0.1) is 0 Å². The molecule has 0 aliphatic heterocycles. The van der Waals surface area contributed by atoms with E-state index in [1.807, 2.05) is 12.1 Å². The van der Waals surface area contributed by atoms with Crippen LogP contribution in [0.25, 0.3) is 22.6 Å². The van der Waals surface area contributed by atoms with Crippen molar-refractivity contribution in [2.45, 2.75) is 25.8 Å². The Hall–Kier alpha value is -2.36. The second-order valence-corrected chi connectivity index (χ2v) is 5.48. The molecule has 0 bridgehead atoms. The maximum absolute atomic E-state index is 5.81. The summed E-state index contributed by atoms with van der Waals surface area (Å²) in [5.74, 6) is 1.47. The number of pyridine rings is 1. The van der Waals surface area contributed by atoms with Gasteiger partial charge in [0.2, 0.25) is 0 Å². The van der Waals surface area contributed by atoms with E-state index in [4.69, 9.17) is 10.7 Å². The number of fused-ring (bicyclic) bond motifs is 1. The molecule has 2 aromatic heterocycles. The molecule has 4 heteroatoms. The van der Waals surface area contributed by atoms with E-state index in [2.05, 4.69) is 34.7 Å². The highest BCUT2D eigenvalue weighted by atomic mass is 15.1. The van der Waals surface area contributed by atoms with Gasteiger partial charge in [0.15, 0.2) is 5.82 Å². The van der Waals surface area contributed by atoms with E-state index in [1.165, 1.54) is 23.9 Å². The number of nitrogen functional groups attached to an aromatic ring is 1. The minimum absolute atomic E-state index is 0.535. The fourth-order valence-corrected chi connectivity index (χ4v) is 2.67. The molecule has 0 atom stereocenters. The molecule has 3 aromatic rings. The van der Waals surface area contributed by atoms with Crippen LogP contribution in [-0.2, 0) is 0 Å². The summed E-state index contributed by atoms with van der Waals surface area (Å²) in [7, 11) is 0. The van der Waals surface area contributed by atoms with Gasteiger partial charge in [0.25, 0.3) is 0 Å². The number of hydrogen-bond acceptors (Lipinski definition) is 3. The third-order valence-electron chi connectivity index (χ3n) is 3.76. The van der Waals surface area contributed by atoms with Crippen molar-refractivity contribution in [1.82, 2.24) is 14.5 Å². The van der Waals surface area contributed by atoms with Crippen LogP contribution in [0.3, 0.4) is 0 Å². The number of nitrogens with two attached hydrogens (primary N) is 1. The standard InChI is InChI=1S/C16H16N4/c1-10-5-8-14-13(9-10)19-16(20(14)11-6-7-11)12-3-2-4-15(17)18-12/h2-5,8-9,11H,6-7H2,1H3,(H2,17,18). The molecule has 0 radical (unpaired) electrons. The average Bonchev–Trinajstić information content (AvgIpc) is 3.19. The average molecular weight is 264 g/mol. The molecule has 1 aliphatic carbocycles. The van der Waals surface area contributed by atoms with Crippen LogP contribution in [0.15, 0.2) is 36.4 Å². The van der Waals surface area contributed by atoms with Crippen LogP contribution >= 0.6 is 0 Å². The Bertz CT molecular complexity index is 799. The second-order valence-electron chi connectivity index (χ2n) is 5.48. The van der Waals surface area contributed by atoms with Crippen molar-refractivity contribution in [2.24, 2.45) is 0 Å². The Morgan fingerprint density at radius 2 is 2.00 bits per heavy atom. The summed E-state index contributed by atoms with van der Waals surface area (Å²) in [5, 5.41) is 0. The van der Waals surface area contributed by atoms with Gasteiger partial charge in [-0.05, 0) is 49.6 Å². The molecule has 1 fully saturated rings. The Labute approximate surface area is 117 Å². The lowest BCUT2D eigenvalue weighted by molar-refractivity contribution is 0.772. The zero-order chi connectivity index (χ0) is 13.7. The number of imidazole rings is 1. The van der Waals surface area contributed by atoms with Crippen LogP contribution in [0.5, 0.6) is 0 Å². The number of benzene rings is 1. The lowest BCUT2D eigenvalue weighted by Crippen LogP contribution is -2.00. The van der Waals surface area contributed by atoms with Crippen molar-refractivity contribution in [3.63, 3.8) is 0 Å². The summed E-state index contributed by atoms with van der Waals surface area (Å²) in [4.78, 5) is 9.22. The zero-order valence-corrected chi connectivity index (χ0v) is 11.4. The number of aryl methyl sites for hydroxylation is 1. The largest absolute Gasteiger partial charge is 0.384 e. The molecular weight excluding hydrogens is 248 g/mol. The van der Waals surface area contributed by atoms with Gasteiger partial charge in [-0.2, -0.15) is 0 Å². The highest BCUT2D eigenvalue weighted by molar-refractivity contribution is 5.81. The molecule has 4 nitrogen and oxygen atoms in total. The number of hydrogen-bond donors (Lipinski definition) is 1. The first-order valence-electron chi connectivity index (χ1n) is 6.94. The lowest BCUT2D eigenvalue weighted by Gasteiger charge is -2.07. The first-order chi connectivity index (χ1) is 9.72. The van der Waals surface area contributed by atoms with E-state index >= 15 is 0 Å². The maximum atomic E-state index is 5.81. The van der Waals surface area contributed by atoms with Gasteiger partial charge in [0.1, 0.15) is 11.5 Å². The van der Waals surface area contributed by atoms with Crippen LogP contribution in [0.1, 0.15) is 24.4 Å². The summed E-state index contributed by atoms with van der Waals surface area (Å²) in [5.41, 5.74) is 10.1. The first-order valence-corrected chi connectivity index (χ1v) is 6.94. The molecule has 100 valence electrons. The highest BCUT2D eigenvalue weighted by Crippen LogP contribution is 2.41. The molecule has 1 aromatic carbocycles. The molecule has 1 aliphatic rings. The van der Waals surface area contributed by atoms with E-state index < -0.39 is 0 Å². The van der Waals surface area contributed by atoms with Crippen molar-refractivity contribution in [3.05, 3.63) is 42.0 Å². The van der Waals surface area contributed by atoms with Gasteiger partial charge in [0, 0.05) is 6.04 Å². The summed E-state index contributed by atoms with van der Waals surface area (Å²) in [6.07, 6.45) is 2.43.